The van der Waals surface area contributed by atoms with Crippen molar-refractivity contribution in [3.05, 3.63) is 0 Å². The fraction of sp³-hybridized carbons (Fsp3) is 0.900. The van der Waals surface area contributed by atoms with Gasteiger partial charge in [0.1, 0.15) is 0 Å². The van der Waals surface area contributed by atoms with Gasteiger partial charge in [0.25, 0.3) is 0 Å². The summed E-state index contributed by atoms with van der Waals surface area (Å²) in [4.78, 5) is 11.6. The van der Waals surface area contributed by atoms with E-state index < -0.39 is 0 Å². The highest BCUT2D eigenvalue weighted by Gasteiger charge is 2.39. The van der Waals surface area contributed by atoms with Crippen LogP contribution in [0.1, 0.15) is 26.2 Å². The third-order valence-corrected chi connectivity index (χ3v) is 3.01. The van der Waals surface area contributed by atoms with Gasteiger partial charge in [-0.1, -0.05) is 6.92 Å². The largest absolute Gasteiger partial charge is 0.396 e. The van der Waals surface area contributed by atoms with Crippen LogP contribution in [0, 0.1) is 11.8 Å². The number of carbonyl (C=O) groups is 1. The molecule has 2 unspecified atom stereocenters. The second kappa shape index (κ2) is 3.87. The van der Waals surface area contributed by atoms with Crippen molar-refractivity contribution in [1.29, 1.82) is 0 Å². The van der Waals surface area contributed by atoms with Crippen molar-refractivity contribution in [3.8, 4) is 0 Å². The standard InChI is InChI=1S/C10H18N2O2/c1-7(6-13)5-12-10(14)4-9(11-12)8-2-3-8/h7-9,11,13H,2-6H2,1H3. The van der Waals surface area contributed by atoms with Gasteiger partial charge in [-0.15, -0.1) is 0 Å². The Morgan fingerprint density at radius 3 is 2.93 bits per heavy atom. The lowest BCUT2D eigenvalue weighted by Crippen LogP contribution is -2.41. The van der Waals surface area contributed by atoms with Gasteiger partial charge in [-0.05, 0) is 24.7 Å². The van der Waals surface area contributed by atoms with Gasteiger partial charge in [0.2, 0.25) is 5.91 Å². The highest BCUT2D eigenvalue weighted by atomic mass is 16.3. The van der Waals surface area contributed by atoms with E-state index in [0.717, 1.165) is 0 Å². The van der Waals surface area contributed by atoms with Crippen molar-refractivity contribution in [2.75, 3.05) is 13.2 Å². The molecule has 1 saturated carbocycles. The molecule has 4 nitrogen and oxygen atoms in total. The Morgan fingerprint density at radius 1 is 1.64 bits per heavy atom. The third-order valence-electron chi connectivity index (χ3n) is 3.01. The van der Waals surface area contributed by atoms with E-state index in [0.29, 0.717) is 24.9 Å². The number of amides is 1. The average Bonchev–Trinajstić information content (AvgIpc) is 2.94. The molecule has 1 aliphatic heterocycles. The van der Waals surface area contributed by atoms with Crippen LogP contribution < -0.4 is 5.43 Å². The smallest absolute Gasteiger partial charge is 0.238 e. The van der Waals surface area contributed by atoms with Crippen LogP contribution in [0.4, 0.5) is 0 Å². The minimum Gasteiger partial charge on any atom is -0.396 e. The van der Waals surface area contributed by atoms with Gasteiger partial charge in [0.05, 0.1) is 0 Å². The predicted octanol–water partition coefficient (Wildman–Crippen LogP) is 0.130. The first-order valence-electron chi connectivity index (χ1n) is 5.38. The molecule has 0 aromatic rings. The molecule has 80 valence electrons. The van der Waals surface area contributed by atoms with E-state index in [1.54, 1.807) is 5.01 Å². The average molecular weight is 198 g/mol. The summed E-state index contributed by atoms with van der Waals surface area (Å²) in [5, 5.41) is 10.6. The number of hydrogen-bond donors (Lipinski definition) is 2. The second-order valence-corrected chi connectivity index (χ2v) is 4.57. The molecule has 0 spiro atoms. The number of nitrogens with zero attached hydrogens (tertiary/aromatic N) is 1. The van der Waals surface area contributed by atoms with Gasteiger partial charge in [-0.2, -0.15) is 0 Å². The summed E-state index contributed by atoms with van der Waals surface area (Å²) in [6.07, 6.45) is 3.16. The zero-order valence-corrected chi connectivity index (χ0v) is 8.57. The maximum Gasteiger partial charge on any atom is 0.238 e. The van der Waals surface area contributed by atoms with Gasteiger partial charge >= 0.3 is 0 Å². The van der Waals surface area contributed by atoms with Crippen LogP contribution in [0.3, 0.4) is 0 Å². The maximum absolute atomic E-state index is 11.6. The molecule has 2 rings (SSSR count). The van der Waals surface area contributed by atoms with Crippen LogP contribution in [0.2, 0.25) is 0 Å². The van der Waals surface area contributed by atoms with Gasteiger partial charge in [0, 0.05) is 25.6 Å². The van der Waals surface area contributed by atoms with E-state index >= 15 is 0 Å². The van der Waals surface area contributed by atoms with Crippen LogP contribution >= 0.6 is 0 Å². The van der Waals surface area contributed by atoms with Crippen LogP contribution in [0.25, 0.3) is 0 Å². The lowest BCUT2D eigenvalue weighted by Gasteiger charge is -2.20. The molecule has 1 heterocycles. The summed E-state index contributed by atoms with van der Waals surface area (Å²) in [6.45, 7) is 2.71. The summed E-state index contributed by atoms with van der Waals surface area (Å²) >= 11 is 0. The zero-order chi connectivity index (χ0) is 10.1. The molecule has 1 amide bonds. The normalized spacial score (nSPS) is 29.7. The molecule has 1 aliphatic carbocycles. The molecule has 0 aromatic heterocycles. The monoisotopic (exact) mass is 198 g/mol. The number of carbonyl (C=O) groups excluding carboxylic acids is 1. The number of nitrogens with one attached hydrogen (secondary N) is 1. The molecule has 1 saturated heterocycles. The van der Waals surface area contributed by atoms with Crippen LogP contribution in [-0.2, 0) is 4.79 Å². The molecular weight excluding hydrogens is 180 g/mol. The Hall–Kier alpha value is -0.610. The molecule has 2 N–H and O–H groups in total. The van der Waals surface area contributed by atoms with Crippen molar-refractivity contribution in [2.24, 2.45) is 11.8 Å². The van der Waals surface area contributed by atoms with Crippen LogP contribution in [0.5, 0.6) is 0 Å². The highest BCUT2D eigenvalue weighted by Crippen LogP contribution is 2.36. The van der Waals surface area contributed by atoms with Crippen molar-refractivity contribution < 1.29 is 9.90 Å². The minimum absolute atomic E-state index is 0.138. The first-order chi connectivity index (χ1) is 6.70. The number of hydrogen-bond acceptors (Lipinski definition) is 3. The Morgan fingerprint density at radius 2 is 2.36 bits per heavy atom. The van der Waals surface area contributed by atoms with Crippen LogP contribution in [0.15, 0.2) is 0 Å². The lowest BCUT2D eigenvalue weighted by molar-refractivity contribution is -0.130. The topological polar surface area (TPSA) is 52.6 Å². The third kappa shape index (κ3) is 2.07. The van der Waals surface area contributed by atoms with Gasteiger partial charge in [0.15, 0.2) is 0 Å². The zero-order valence-electron chi connectivity index (χ0n) is 8.57. The quantitative estimate of drug-likeness (QED) is 0.675. The highest BCUT2D eigenvalue weighted by molar-refractivity contribution is 5.78. The van der Waals surface area contributed by atoms with E-state index in [1.165, 1.54) is 12.8 Å². The first kappa shape index (κ1) is 9.93. The molecular formula is C10H18N2O2. The van der Waals surface area contributed by atoms with E-state index in [-0.39, 0.29) is 18.4 Å². The Bertz CT molecular complexity index is 228. The minimum atomic E-state index is 0.138. The van der Waals surface area contributed by atoms with Gasteiger partial charge < -0.3 is 5.11 Å². The molecule has 14 heavy (non-hydrogen) atoms. The summed E-state index contributed by atoms with van der Waals surface area (Å²) < 4.78 is 0. The fourth-order valence-corrected chi connectivity index (χ4v) is 1.91. The fourth-order valence-electron chi connectivity index (χ4n) is 1.91. The Labute approximate surface area is 84.2 Å². The summed E-state index contributed by atoms with van der Waals surface area (Å²) in [7, 11) is 0. The Balaban J connectivity index is 1.84. The summed E-state index contributed by atoms with van der Waals surface area (Å²) in [6, 6.07) is 0.369. The molecule has 0 bridgehead atoms. The second-order valence-electron chi connectivity index (χ2n) is 4.57. The maximum atomic E-state index is 11.6. The number of rotatable bonds is 4. The molecule has 2 fully saturated rings. The van der Waals surface area contributed by atoms with Crippen molar-refractivity contribution >= 4 is 5.91 Å². The Kier molecular flexibility index (Phi) is 2.74. The first-order valence-corrected chi connectivity index (χ1v) is 5.38. The molecule has 2 atom stereocenters. The number of aliphatic hydroxyl groups excluding tert-OH is 1. The van der Waals surface area contributed by atoms with E-state index in [9.17, 15) is 4.79 Å². The molecule has 2 aliphatic rings. The number of hydrazine groups is 1. The van der Waals surface area contributed by atoms with E-state index in [2.05, 4.69) is 5.43 Å². The molecule has 0 aromatic carbocycles. The summed E-state index contributed by atoms with van der Waals surface area (Å²) in [5.41, 5.74) is 3.24. The van der Waals surface area contributed by atoms with Crippen molar-refractivity contribution in [3.63, 3.8) is 0 Å². The molecule has 4 heteroatoms. The summed E-state index contributed by atoms with van der Waals surface area (Å²) in [5.74, 6) is 1.06. The predicted molar refractivity (Wildman–Crippen MR) is 52.2 cm³/mol. The van der Waals surface area contributed by atoms with Gasteiger partial charge in [-0.25, -0.2) is 5.43 Å². The lowest BCUT2D eigenvalue weighted by atomic mass is 10.1. The van der Waals surface area contributed by atoms with Gasteiger partial charge in [-0.3, -0.25) is 9.80 Å². The van der Waals surface area contributed by atoms with E-state index in [1.807, 2.05) is 6.92 Å². The number of aliphatic hydroxyl groups is 1. The van der Waals surface area contributed by atoms with Crippen molar-refractivity contribution in [1.82, 2.24) is 10.4 Å². The SMILES string of the molecule is CC(CO)CN1NC(C2CC2)CC1=O. The molecule has 0 radical (unpaired) electrons. The van der Waals surface area contributed by atoms with Crippen LogP contribution in [-0.4, -0.2) is 35.2 Å². The van der Waals surface area contributed by atoms with E-state index in [4.69, 9.17) is 5.11 Å². The van der Waals surface area contributed by atoms with Crippen molar-refractivity contribution in [2.45, 2.75) is 32.2 Å².